The number of nitrogens with one attached hydrogen (secondary N) is 1. The maximum absolute atomic E-state index is 6.17. The highest BCUT2D eigenvalue weighted by molar-refractivity contribution is 7.05. The minimum absolute atomic E-state index is 0.183. The van der Waals surface area contributed by atoms with Crippen LogP contribution < -0.4 is 5.32 Å². The Labute approximate surface area is 125 Å². The lowest BCUT2D eigenvalue weighted by Gasteiger charge is -2.41. The van der Waals surface area contributed by atoms with Gasteiger partial charge in [0.2, 0.25) is 0 Å². The molecule has 2 fully saturated rings. The lowest BCUT2D eigenvalue weighted by atomic mass is 9.80. The molecule has 3 rings (SSSR count). The van der Waals surface area contributed by atoms with Gasteiger partial charge in [0.05, 0.1) is 16.2 Å². The molecule has 0 aromatic carbocycles. The van der Waals surface area contributed by atoms with Crippen molar-refractivity contribution in [3.05, 3.63) is 10.6 Å². The van der Waals surface area contributed by atoms with E-state index >= 15 is 0 Å². The largest absolute Gasteiger partial charge is 0.375 e. The fourth-order valence-electron chi connectivity index (χ4n) is 4.00. The molecule has 2 aliphatic rings. The first-order valence-electron chi connectivity index (χ1n) is 7.90. The summed E-state index contributed by atoms with van der Waals surface area (Å²) in [5, 5.41) is 7.81. The summed E-state index contributed by atoms with van der Waals surface area (Å²) in [4.78, 5) is 1.34. The minimum Gasteiger partial charge on any atom is -0.375 e. The number of nitrogens with zero attached hydrogens (tertiary/aromatic N) is 2. The van der Waals surface area contributed by atoms with Crippen molar-refractivity contribution < 1.29 is 4.74 Å². The van der Waals surface area contributed by atoms with Crippen LogP contribution in [0.25, 0.3) is 0 Å². The molecule has 1 saturated carbocycles. The molecule has 1 saturated heterocycles. The molecule has 2 atom stereocenters. The lowest BCUT2D eigenvalue weighted by Crippen LogP contribution is -2.41. The van der Waals surface area contributed by atoms with E-state index in [4.69, 9.17) is 4.74 Å². The predicted molar refractivity (Wildman–Crippen MR) is 81.0 cm³/mol. The van der Waals surface area contributed by atoms with Gasteiger partial charge in [-0.15, -0.1) is 5.10 Å². The number of aromatic nitrogens is 2. The summed E-state index contributed by atoms with van der Waals surface area (Å²) in [5.41, 5.74) is 1.35. The van der Waals surface area contributed by atoms with Crippen molar-refractivity contribution in [2.24, 2.45) is 5.92 Å². The molecule has 4 nitrogen and oxygen atoms in total. The molecular weight excluding hydrogens is 270 g/mol. The average molecular weight is 295 g/mol. The second kappa shape index (κ2) is 6.08. The Balaban J connectivity index is 1.78. The van der Waals surface area contributed by atoms with Gasteiger partial charge in [0.25, 0.3) is 0 Å². The van der Waals surface area contributed by atoms with E-state index in [9.17, 15) is 0 Å². The molecule has 1 spiro atoms. The third-order valence-corrected chi connectivity index (χ3v) is 5.88. The van der Waals surface area contributed by atoms with Crippen LogP contribution in [0.5, 0.6) is 0 Å². The summed E-state index contributed by atoms with van der Waals surface area (Å²) < 4.78 is 10.3. The van der Waals surface area contributed by atoms with E-state index in [1.54, 1.807) is 11.5 Å². The zero-order valence-electron chi connectivity index (χ0n) is 12.5. The molecule has 2 heterocycles. The van der Waals surface area contributed by atoms with Gasteiger partial charge in [-0.05, 0) is 56.6 Å². The van der Waals surface area contributed by atoms with Crippen molar-refractivity contribution in [2.45, 2.75) is 63.5 Å². The van der Waals surface area contributed by atoms with Gasteiger partial charge in [0, 0.05) is 12.6 Å². The van der Waals surface area contributed by atoms with Crippen LogP contribution in [0.2, 0.25) is 0 Å². The van der Waals surface area contributed by atoms with Crippen LogP contribution in [0, 0.1) is 5.92 Å². The number of hydrogen-bond donors (Lipinski definition) is 1. The molecule has 5 heteroatoms. The number of rotatable bonds is 4. The van der Waals surface area contributed by atoms with Crippen LogP contribution in [-0.4, -0.2) is 28.8 Å². The summed E-state index contributed by atoms with van der Waals surface area (Å²) in [7, 11) is 2.07. The van der Waals surface area contributed by atoms with E-state index in [2.05, 4.69) is 28.9 Å². The minimum atomic E-state index is 0.183. The Hall–Kier alpha value is -0.520. The Kier molecular flexibility index (Phi) is 4.38. The quantitative estimate of drug-likeness (QED) is 0.927. The lowest BCUT2D eigenvalue weighted by molar-refractivity contribution is -0.0977. The Morgan fingerprint density at radius 3 is 2.95 bits per heavy atom. The van der Waals surface area contributed by atoms with Gasteiger partial charge < -0.3 is 10.1 Å². The van der Waals surface area contributed by atoms with Gasteiger partial charge in [0.1, 0.15) is 0 Å². The molecule has 112 valence electrons. The molecule has 1 aliphatic carbocycles. The van der Waals surface area contributed by atoms with Crippen molar-refractivity contribution in [3.63, 3.8) is 0 Å². The van der Waals surface area contributed by atoms with Crippen molar-refractivity contribution in [1.82, 2.24) is 14.9 Å². The molecule has 0 radical (unpaired) electrons. The summed E-state index contributed by atoms with van der Waals surface area (Å²) in [6, 6.07) is 0.395. The third kappa shape index (κ3) is 2.63. The van der Waals surface area contributed by atoms with Crippen molar-refractivity contribution in [3.8, 4) is 0 Å². The normalized spacial score (nSPS) is 27.0. The van der Waals surface area contributed by atoms with E-state index in [-0.39, 0.29) is 5.60 Å². The summed E-state index contributed by atoms with van der Waals surface area (Å²) in [5.74, 6) is 0.652. The van der Waals surface area contributed by atoms with Gasteiger partial charge in [-0.25, -0.2) is 0 Å². The first kappa shape index (κ1) is 14.4. The van der Waals surface area contributed by atoms with E-state index in [0.717, 1.165) is 19.4 Å². The summed E-state index contributed by atoms with van der Waals surface area (Å²) in [6.07, 6.45) is 8.48. The molecule has 1 N–H and O–H groups in total. The van der Waals surface area contributed by atoms with Crippen LogP contribution in [0.3, 0.4) is 0 Å². The third-order valence-electron chi connectivity index (χ3n) is 5.03. The van der Waals surface area contributed by atoms with Gasteiger partial charge in [-0.2, -0.15) is 0 Å². The molecule has 0 amide bonds. The van der Waals surface area contributed by atoms with E-state index in [0.29, 0.717) is 12.0 Å². The predicted octanol–water partition coefficient (Wildman–Crippen LogP) is 3.10. The highest BCUT2D eigenvalue weighted by Crippen LogP contribution is 2.45. The van der Waals surface area contributed by atoms with Crippen molar-refractivity contribution in [2.75, 3.05) is 13.7 Å². The highest BCUT2D eigenvalue weighted by atomic mass is 32.1. The average Bonchev–Trinajstić information content (AvgIpc) is 3.10. The number of hydrogen-bond acceptors (Lipinski definition) is 5. The van der Waals surface area contributed by atoms with Crippen LogP contribution in [0.15, 0.2) is 0 Å². The molecule has 1 aromatic rings. The molecule has 20 heavy (non-hydrogen) atoms. The van der Waals surface area contributed by atoms with Gasteiger partial charge in [-0.1, -0.05) is 24.3 Å². The van der Waals surface area contributed by atoms with Gasteiger partial charge in [-0.3, -0.25) is 0 Å². The zero-order chi connectivity index (χ0) is 14.0. The monoisotopic (exact) mass is 295 g/mol. The molecule has 1 aliphatic heterocycles. The number of ether oxygens (including phenoxy) is 1. The van der Waals surface area contributed by atoms with Crippen LogP contribution in [-0.2, 0) is 11.2 Å². The van der Waals surface area contributed by atoms with Crippen molar-refractivity contribution >= 4 is 11.5 Å². The maximum atomic E-state index is 6.17. The fraction of sp³-hybridized carbons (Fsp3) is 0.867. The topological polar surface area (TPSA) is 47.0 Å². The van der Waals surface area contributed by atoms with Crippen LogP contribution in [0.1, 0.15) is 62.1 Å². The second-order valence-electron chi connectivity index (χ2n) is 6.20. The first-order valence-corrected chi connectivity index (χ1v) is 8.68. The van der Waals surface area contributed by atoms with Gasteiger partial charge >= 0.3 is 0 Å². The highest BCUT2D eigenvalue weighted by Gasteiger charge is 2.42. The van der Waals surface area contributed by atoms with Gasteiger partial charge in [0.15, 0.2) is 0 Å². The molecule has 2 unspecified atom stereocenters. The standard InChI is InChI=1S/C15H25N3OS/c1-3-12-14(20-18-17-12)13(16-2)11-6-9-19-15(10-11)7-4-5-8-15/h11,13,16H,3-10H2,1-2H3. The summed E-state index contributed by atoms with van der Waals surface area (Å²) in [6.45, 7) is 3.08. The van der Waals surface area contributed by atoms with Crippen molar-refractivity contribution in [1.29, 1.82) is 0 Å². The Bertz CT molecular complexity index is 442. The molecular formula is C15H25N3OS. The van der Waals surface area contributed by atoms with E-state index in [1.165, 1.54) is 42.7 Å². The fourth-order valence-corrected chi connectivity index (χ4v) is 4.94. The first-order chi connectivity index (χ1) is 9.78. The second-order valence-corrected chi connectivity index (χ2v) is 6.98. The Morgan fingerprint density at radius 2 is 2.25 bits per heavy atom. The smallest absolute Gasteiger partial charge is 0.0801 e. The number of aryl methyl sites for hydroxylation is 1. The Morgan fingerprint density at radius 1 is 1.45 bits per heavy atom. The van der Waals surface area contributed by atoms with E-state index in [1.807, 2.05) is 0 Å². The van der Waals surface area contributed by atoms with Crippen LogP contribution >= 0.6 is 11.5 Å². The molecule has 1 aromatic heterocycles. The maximum Gasteiger partial charge on any atom is 0.0801 e. The SMILES string of the molecule is CCc1nnsc1C(NC)C1CCOC2(CCCC2)C1. The van der Waals surface area contributed by atoms with E-state index < -0.39 is 0 Å². The zero-order valence-corrected chi connectivity index (χ0v) is 13.3. The van der Waals surface area contributed by atoms with Crippen LogP contribution in [0.4, 0.5) is 0 Å². The summed E-state index contributed by atoms with van der Waals surface area (Å²) >= 11 is 1.57. The molecule has 0 bridgehead atoms.